The summed E-state index contributed by atoms with van der Waals surface area (Å²) in [6, 6.07) is 2.43. The number of nitrogens with one attached hydrogen (secondary N) is 1. The molecule has 20 heavy (non-hydrogen) atoms. The van der Waals surface area contributed by atoms with Gasteiger partial charge in [0.2, 0.25) is 0 Å². The number of piperazine rings is 1. The van der Waals surface area contributed by atoms with Crippen LogP contribution in [-0.4, -0.2) is 61.2 Å². The molecule has 3 heteroatoms. The Hall–Kier alpha value is -0.120. The van der Waals surface area contributed by atoms with Gasteiger partial charge in [-0.25, -0.2) is 0 Å². The molecule has 0 aromatic carbocycles. The van der Waals surface area contributed by atoms with Crippen molar-refractivity contribution in [1.82, 2.24) is 15.1 Å². The normalized spacial score (nSPS) is 38.4. The van der Waals surface area contributed by atoms with Gasteiger partial charge in [0.25, 0.3) is 0 Å². The SMILES string of the molecule is CNC1CCC(C)CC1N1CCN(C2CCCC2)CC1. The van der Waals surface area contributed by atoms with E-state index in [-0.39, 0.29) is 0 Å². The number of nitrogens with zero attached hydrogens (tertiary/aromatic N) is 2. The molecule has 3 aliphatic rings. The summed E-state index contributed by atoms with van der Waals surface area (Å²) in [5.74, 6) is 0.914. The predicted molar refractivity (Wildman–Crippen MR) is 85.1 cm³/mol. The van der Waals surface area contributed by atoms with E-state index in [9.17, 15) is 0 Å². The highest BCUT2D eigenvalue weighted by Gasteiger charge is 2.34. The maximum atomic E-state index is 3.58. The van der Waals surface area contributed by atoms with E-state index in [0.717, 1.165) is 24.0 Å². The predicted octanol–water partition coefficient (Wildman–Crippen LogP) is 2.32. The minimum Gasteiger partial charge on any atom is -0.315 e. The van der Waals surface area contributed by atoms with Crippen LogP contribution in [0.15, 0.2) is 0 Å². The van der Waals surface area contributed by atoms with Gasteiger partial charge in [-0.1, -0.05) is 19.8 Å². The molecule has 0 amide bonds. The Morgan fingerprint density at radius 2 is 1.50 bits per heavy atom. The van der Waals surface area contributed by atoms with Gasteiger partial charge < -0.3 is 5.32 Å². The van der Waals surface area contributed by atoms with Crippen LogP contribution in [0.4, 0.5) is 0 Å². The quantitative estimate of drug-likeness (QED) is 0.855. The number of hydrogen-bond acceptors (Lipinski definition) is 3. The highest BCUT2D eigenvalue weighted by Crippen LogP contribution is 2.30. The van der Waals surface area contributed by atoms with Crippen molar-refractivity contribution in [3.63, 3.8) is 0 Å². The van der Waals surface area contributed by atoms with E-state index in [1.807, 2.05) is 0 Å². The van der Waals surface area contributed by atoms with Crippen molar-refractivity contribution < 1.29 is 0 Å². The summed E-state index contributed by atoms with van der Waals surface area (Å²) >= 11 is 0. The van der Waals surface area contributed by atoms with Crippen molar-refractivity contribution in [3.05, 3.63) is 0 Å². The van der Waals surface area contributed by atoms with Gasteiger partial charge in [0.1, 0.15) is 0 Å². The third-order valence-corrected chi connectivity index (χ3v) is 6.11. The molecular weight excluding hydrogens is 246 g/mol. The molecular formula is C17H33N3. The van der Waals surface area contributed by atoms with Crippen molar-refractivity contribution in [3.8, 4) is 0 Å². The van der Waals surface area contributed by atoms with Gasteiger partial charge in [-0.15, -0.1) is 0 Å². The first kappa shape index (κ1) is 14.8. The lowest BCUT2D eigenvalue weighted by Gasteiger charge is -2.46. The maximum Gasteiger partial charge on any atom is 0.0252 e. The average Bonchev–Trinajstić information content (AvgIpc) is 3.02. The molecule has 3 unspecified atom stereocenters. The summed E-state index contributed by atoms with van der Waals surface area (Å²) in [6.07, 6.45) is 10.0. The minimum atomic E-state index is 0.726. The lowest BCUT2D eigenvalue weighted by Crippen LogP contribution is -2.58. The first-order valence-electron chi connectivity index (χ1n) is 8.93. The zero-order chi connectivity index (χ0) is 13.9. The van der Waals surface area contributed by atoms with Gasteiger partial charge in [0.05, 0.1) is 0 Å². The molecule has 3 rings (SSSR count). The van der Waals surface area contributed by atoms with Gasteiger partial charge >= 0.3 is 0 Å². The van der Waals surface area contributed by atoms with Crippen LogP contribution in [0.25, 0.3) is 0 Å². The van der Waals surface area contributed by atoms with Gasteiger partial charge in [0, 0.05) is 44.3 Å². The first-order chi connectivity index (χ1) is 9.78. The summed E-state index contributed by atoms with van der Waals surface area (Å²) in [5.41, 5.74) is 0. The second-order valence-corrected chi connectivity index (χ2v) is 7.39. The van der Waals surface area contributed by atoms with E-state index >= 15 is 0 Å². The molecule has 3 atom stereocenters. The van der Waals surface area contributed by atoms with Gasteiger partial charge in [-0.3, -0.25) is 9.80 Å². The zero-order valence-electron chi connectivity index (χ0n) is 13.5. The third kappa shape index (κ3) is 3.20. The molecule has 0 radical (unpaired) electrons. The molecule has 1 aliphatic heterocycles. The van der Waals surface area contributed by atoms with Gasteiger partial charge in [0.15, 0.2) is 0 Å². The van der Waals surface area contributed by atoms with Crippen molar-refractivity contribution in [2.24, 2.45) is 5.92 Å². The fourth-order valence-corrected chi connectivity index (χ4v) is 4.79. The Kier molecular flexibility index (Phi) is 5.00. The molecule has 1 N–H and O–H groups in total. The molecule has 0 aromatic rings. The van der Waals surface area contributed by atoms with Crippen LogP contribution in [0.5, 0.6) is 0 Å². The molecule has 0 spiro atoms. The Labute approximate surface area is 125 Å². The maximum absolute atomic E-state index is 3.58. The van der Waals surface area contributed by atoms with Crippen LogP contribution in [0.2, 0.25) is 0 Å². The van der Waals surface area contributed by atoms with E-state index in [4.69, 9.17) is 0 Å². The van der Waals surface area contributed by atoms with Crippen molar-refractivity contribution >= 4 is 0 Å². The Morgan fingerprint density at radius 3 is 2.15 bits per heavy atom. The van der Waals surface area contributed by atoms with E-state index in [1.54, 1.807) is 0 Å². The first-order valence-corrected chi connectivity index (χ1v) is 8.93. The van der Waals surface area contributed by atoms with Gasteiger partial charge in [-0.2, -0.15) is 0 Å². The van der Waals surface area contributed by atoms with Crippen LogP contribution < -0.4 is 5.32 Å². The second kappa shape index (κ2) is 6.76. The Morgan fingerprint density at radius 1 is 0.850 bits per heavy atom. The summed E-state index contributed by atoms with van der Waals surface area (Å²) < 4.78 is 0. The molecule has 0 bridgehead atoms. The van der Waals surface area contributed by atoms with Crippen LogP contribution in [-0.2, 0) is 0 Å². The van der Waals surface area contributed by atoms with E-state index in [0.29, 0.717) is 0 Å². The molecule has 2 aliphatic carbocycles. The minimum absolute atomic E-state index is 0.726. The second-order valence-electron chi connectivity index (χ2n) is 7.39. The summed E-state index contributed by atoms with van der Waals surface area (Å²) in [7, 11) is 2.16. The molecule has 0 aromatic heterocycles. The van der Waals surface area contributed by atoms with Crippen LogP contribution in [0.1, 0.15) is 51.9 Å². The summed E-state index contributed by atoms with van der Waals surface area (Å²) in [5, 5.41) is 3.58. The van der Waals surface area contributed by atoms with Crippen molar-refractivity contribution in [1.29, 1.82) is 0 Å². The lowest BCUT2D eigenvalue weighted by atomic mass is 9.82. The molecule has 116 valence electrons. The van der Waals surface area contributed by atoms with Crippen molar-refractivity contribution in [2.75, 3.05) is 33.2 Å². The van der Waals surface area contributed by atoms with Crippen LogP contribution in [0.3, 0.4) is 0 Å². The standard InChI is InChI=1S/C17H33N3/c1-14-7-8-16(18-2)17(13-14)20-11-9-19(10-12-20)15-5-3-4-6-15/h14-18H,3-13H2,1-2H3. The highest BCUT2D eigenvalue weighted by atomic mass is 15.3. The smallest absolute Gasteiger partial charge is 0.0252 e. The number of hydrogen-bond donors (Lipinski definition) is 1. The number of rotatable bonds is 3. The Balaban J connectivity index is 1.53. The van der Waals surface area contributed by atoms with E-state index in [1.165, 1.54) is 71.1 Å². The fourth-order valence-electron chi connectivity index (χ4n) is 4.79. The largest absolute Gasteiger partial charge is 0.315 e. The van der Waals surface area contributed by atoms with Crippen LogP contribution >= 0.6 is 0 Å². The molecule has 2 saturated carbocycles. The van der Waals surface area contributed by atoms with Crippen molar-refractivity contribution in [2.45, 2.75) is 70.0 Å². The molecule has 3 fully saturated rings. The Bertz CT molecular complexity index is 293. The lowest BCUT2D eigenvalue weighted by molar-refractivity contribution is 0.0368. The fraction of sp³-hybridized carbons (Fsp3) is 1.00. The van der Waals surface area contributed by atoms with E-state index in [2.05, 4.69) is 29.1 Å². The average molecular weight is 279 g/mol. The van der Waals surface area contributed by atoms with Gasteiger partial charge in [-0.05, 0) is 45.1 Å². The zero-order valence-corrected chi connectivity index (χ0v) is 13.5. The highest BCUT2D eigenvalue weighted by molar-refractivity contribution is 4.92. The van der Waals surface area contributed by atoms with E-state index < -0.39 is 0 Å². The number of likely N-dealkylation sites (N-methyl/N-ethyl adjacent to an activating group) is 1. The molecule has 1 saturated heterocycles. The topological polar surface area (TPSA) is 18.5 Å². The summed E-state index contributed by atoms with van der Waals surface area (Å²) in [4.78, 5) is 5.58. The molecule has 3 nitrogen and oxygen atoms in total. The van der Waals surface area contributed by atoms with Crippen LogP contribution in [0, 0.1) is 5.92 Å². The monoisotopic (exact) mass is 279 g/mol. The third-order valence-electron chi connectivity index (χ3n) is 6.11. The summed E-state index contributed by atoms with van der Waals surface area (Å²) in [6.45, 7) is 7.66. The molecule has 1 heterocycles.